The van der Waals surface area contributed by atoms with Crippen molar-refractivity contribution in [1.29, 1.82) is 0 Å². The fourth-order valence-corrected chi connectivity index (χ4v) is 11.1. The first-order chi connectivity index (χ1) is 23.9. The molecule has 8 nitrogen and oxygen atoms in total. The van der Waals surface area contributed by atoms with Gasteiger partial charge in [-0.25, -0.2) is 4.21 Å². The second-order valence-corrected chi connectivity index (χ2v) is 18.7. The zero-order valence-corrected chi connectivity index (χ0v) is 31.9. The fourth-order valence-electron chi connectivity index (χ4n) is 9.25. The zero-order valence-electron chi connectivity index (χ0n) is 30.3. The number of likely N-dealkylation sites (N-methyl/N-ethyl adjacent to an activating group) is 1. The maximum atomic E-state index is 13.8. The van der Waals surface area contributed by atoms with Crippen LogP contribution in [0.2, 0.25) is 5.02 Å². The molecule has 272 valence electrons. The number of allylic oxidation sites excluding steroid dienone is 1. The summed E-state index contributed by atoms with van der Waals surface area (Å²) in [6, 6.07) is 12.0. The van der Waals surface area contributed by atoms with Crippen LogP contribution in [0, 0.1) is 23.7 Å². The average Bonchev–Trinajstić information content (AvgIpc) is 3.22. The van der Waals surface area contributed by atoms with E-state index in [-0.39, 0.29) is 23.2 Å². The van der Waals surface area contributed by atoms with Gasteiger partial charge in [0, 0.05) is 84.4 Å². The summed E-state index contributed by atoms with van der Waals surface area (Å²) in [5.74, 6) is 5.61. The third kappa shape index (κ3) is 7.10. The highest BCUT2D eigenvalue weighted by atomic mass is 35.5. The second kappa shape index (κ2) is 14.1. The van der Waals surface area contributed by atoms with Gasteiger partial charge in [-0.15, -0.1) is 0 Å². The minimum atomic E-state index is -2.89. The lowest BCUT2D eigenvalue weighted by molar-refractivity contribution is -0.0950. The molecule has 1 unspecified atom stereocenters. The Morgan fingerprint density at radius 1 is 1.12 bits per heavy atom. The summed E-state index contributed by atoms with van der Waals surface area (Å²) in [7, 11) is 1.19. The van der Waals surface area contributed by atoms with Gasteiger partial charge in [0.1, 0.15) is 11.4 Å². The zero-order chi connectivity index (χ0) is 35.3. The molecule has 1 spiro atoms. The summed E-state index contributed by atoms with van der Waals surface area (Å²) in [5.41, 5.74) is 3.34. The molecule has 1 saturated heterocycles. The molecular weight excluding hydrogens is 668 g/mol. The van der Waals surface area contributed by atoms with Gasteiger partial charge in [-0.3, -0.25) is 14.4 Å². The fraction of sp³-hybridized carbons (Fsp3) is 0.600. The first-order valence-corrected chi connectivity index (χ1v) is 20.8. The van der Waals surface area contributed by atoms with Crippen LogP contribution in [0.15, 0.2) is 48.6 Å². The number of carbonyl (C=O) groups excluding carboxylic acids is 1. The van der Waals surface area contributed by atoms with Crippen LogP contribution < -0.4 is 14.4 Å². The van der Waals surface area contributed by atoms with E-state index >= 15 is 0 Å². The highest BCUT2D eigenvalue weighted by Crippen LogP contribution is 2.49. The molecule has 3 heterocycles. The number of halogens is 1. The number of benzene rings is 2. The number of carbonyl (C=O) groups is 1. The molecule has 2 aliphatic carbocycles. The Hall–Kier alpha value is -2.56. The van der Waals surface area contributed by atoms with Gasteiger partial charge in [-0.2, -0.15) is 0 Å². The molecule has 2 fully saturated rings. The van der Waals surface area contributed by atoms with Crippen LogP contribution in [0.5, 0.6) is 5.75 Å². The Bertz CT molecular complexity index is 1730. The van der Waals surface area contributed by atoms with Crippen molar-refractivity contribution < 1.29 is 18.5 Å². The third-order valence-corrected chi connectivity index (χ3v) is 14.5. The number of nitrogens with zero attached hydrogens (tertiary/aromatic N) is 3. The Labute approximate surface area is 304 Å². The van der Waals surface area contributed by atoms with Crippen molar-refractivity contribution >= 4 is 38.8 Å². The predicted molar refractivity (Wildman–Crippen MR) is 205 cm³/mol. The lowest BCUT2D eigenvalue weighted by Crippen LogP contribution is -2.58. The maximum absolute atomic E-state index is 13.8. The number of ether oxygens (including phenoxy) is 2. The van der Waals surface area contributed by atoms with Gasteiger partial charge in [0.2, 0.25) is 0 Å². The molecule has 0 radical (unpaired) electrons. The summed E-state index contributed by atoms with van der Waals surface area (Å²) >= 11 is 6.50. The number of fused-ring (bicyclic) bond motifs is 4. The second-order valence-electron chi connectivity index (χ2n) is 16.1. The summed E-state index contributed by atoms with van der Waals surface area (Å²) in [6.45, 7) is 11.4. The van der Waals surface area contributed by atoms with E-state index in [4.69, 9.17) is 21.1 Å². The molecule has 10 heteroatoms. The minimum absolute atomic E-state index is 0.0419. The van der Waals surface area contributed by atoms with Crippen molar-refractivity contribution in [3.05, 3.63) is 70.3 Å². The minimum Gasteiger partial charge on any atom is -0.490 e. The molecule has 1 amide bonds. The van der Waals surface area contributed by atoms with Crippen molar-refractivity contribution in [1.82, 2.24) is 14.5 Å². The number of anilines is 1. The first kappa shape index (κ1) is 35.8. The van der Waals surface area contributed by atoms with Gasteiger partial charge in [-0.05, 0) is 110 Å². The lowest BCUT2D eigenvalue weighted by Gasteiger charge is -2.52. The number of rotatable bonds is 3. The molecule has 0 aromatic heterocycles. The Morgan fingerprint density at radius 3 is 2.66 bits per heavy atom. The van der Waals surface area contributed by atoms with E-state index in [0.29, 0.717) is 29.8 Å². The van der Waals surface area contributed by atoms with E-state index in [1.165, 1.54) is 11.1 Å². The summed E-state index contributed by atoms with van der Waals surface area (Å²) in [6.07, 6.45) is 9.93. The topological polar surface area (TPSA) is 74.3 Å². The molecule has 2 aromatic carbocycles. The van der Waals surface area contributed by atoms with Gasteiger partial charge in [0.05, 0.1) is 12.3 Å². The van der Waals surface area contributed by atoms with E-state index in [1.54, 1.807) is 6.07 Å². The predicted octanol–water partition coefficient (Wildman–Crippen LogP) is 5.68. The van der Waals surface area contributed by atoms with Crippen molar-refractivity contribution in [2.24, 2.45) is 23.7 Å². The van der Waals surface area contributed by atoms with Crippen molar-refractivity contribution in [2.75, 3.05) is 77.2 Å². The van der Waals surface area contributed by atoms with E-state index in [1.807, 2.05) is 25.3 Å². The van der Waals surface area contributed by atoms with Crippen LogP contribution >= 0.6 is 11.6 Å². The first-order valence-electron chi connectivity index (χ1n) is 18.5. The molecule has 1 saturated carbocycles. The molecule has 3 aliphatic heterocycles. The normalized spacial score (nSPS) is 35.9. The summed E-state index contributed by atoms with van der Waals surface area (Å²) in [4.78, 5) is 21.2. The Kier molecular flexibility index (Phi) is 10.1. The Balaban J connectivity index is 1.31. The molecule has 7 rings (SSSR count). The van der Waals surface area contributed by atoms with Crippen molar-refractivity contribution in [3.8, 4) is 5.75 Å². The van der Waals surface area contributed by atoms with E-state index in [9.17, 15) is 9.00 Å². The van der Waals surface area contributed by atoms with Crippen molar-refractivity contribution in [3.63, 3.8) is 0 Å². The molecule has 2 bridgehead atoms. The largest absolute Gasteiger partial charge is 0.490 e. The van der Waals surface area contributed by atoms with Gasteiger partial charge in [-0.1, -0.05) is 43.7 Å². The van der Waals surface area contributed by atoms with Gasteiger partial charge in [0.15, 0.2) is 0 Å². The van der Waals surface area contributed by atoms with Crippen LogP contribution in [0.4, 0.5) is 5.69 Å². The molecule has 7 atom stereocenters. The van der Waals surface area contributed by atoms with E-state index < -0.39 is 15.3 Å². The third-order valence-electron chi connectivity index (χ3n) is 12.6. The highest BCUT2D eigenvalue weighted by Gasteiger charge is 2.50. The lowest BCUT2D eigenvalue weighted by atomic mass is 9.63. The number of hydrogen-bond donors (Lipinski definition) is 1. The van der Waals surface area contributed by atoms with Crippen LogP contribution in [0.1, 0.15) is 61.0 Å². The molecule has 50 heavy (non-hydrogen) atoms. The number of hydrogen-bond acceptors (Lipinski definition) is 7. The molecule has 1 N–H and O–H groups in total. The van der Waals surface area contributed by atoms with Gasteiger partial charge < -0.3 is 19.3 Å². The number of nitrogens with one attached hydrogen (secondary N) is 1. The quantitative estimate of drug-likeness (QED) is 0.323. The van der Waals surface area contributed by atoms with Crippen LogP contribution in [0.25, 0.3) is 0 Å². The van der Waals surface area contributed by atoms with Crippen molar-refractivity contribution in [2.45, 2.75) is 57.0 Å². The van der Waals surface area contributed by atoms with Crippen LogP contribution in [0.3, 0.4) is 0 Å². The SMILES string of the molecule is C=S1(=O)C[C@@H](C)[C@@H](C)/C=C/[C@@](CN2CCN(C)CC2)(OC)[C@@H]2CC[C@H]2CN2C[C@@]3(CCCc4cc(Cl)ccc43)COc3ccc(cc32)C(=O)N1. The Morgan fingerprint density at radius 2 is 1.92 bits per heavy atom. The maximum Gasteiger partial charge on any atom is 0.262 e. The standard InChI is InChI=1S/C40H55ClN4O4S/c1-28-14-16-40(48-4,26-44-19-17-43(3)18-20-44)35-11-8-32(35)23-45-25-39(15-6-7-30-21-33(41)10-12-34(30)39)27-49-37-13-9-31(22-36(37)45)38(46)42-50(5,47)24-29(28)2/h9-10,12-14,16,21-22,28-29,32,35H,5-8,11,15,17-20,23-27H2,1-4H3,(H,42,46,47)/b16-14+/t28-,29+,32-,35+,39-,40-,50?/m0/s1. The van der Waals surface area contributed by atoms with Crippen LogP contribution in [-0.2, 0) is 26.3 Å². The number of amides is 1. The summed E-state index contributed by atoms with van der Waals surface area (Å²) < 4.78 is 30.1. The van der Waals surface area contributed by atoms with Gasteiger partial charge in [0.25, 0.3) is 5.91 Å². The number of piperazine rings is 1. The van der Waals surface area contributed by atoms with E-state index in [2.05, 4.69) is 70.5 Å². The monoisotopic (exact) mass is 722 g/mol. The van der Waals surface area contributed by atoms with Crippen LogP contribution in [-0.4, -0.2) is 104 Å². The summed E-state index contributed by atoms with van der Waals surface area (Å²) in [5, 5.41) is 0.770. The smallest absolute Gasteiger partial charge is 0.262 e. The highest BCUT2D eigenvalue weighted by molar-refractivity contribution is 7.99. The van der Waals surface area contributed by atoms with Gasteiger partial charge >= 0.3 is 0 Å². The molecule has 5 aliphatic rings. The number of aryl methyl sites for hydroxylation is 1. The molecular formula is C40H55ClN4O4S. The van der Waals surface area contributed by atoms with E-state index in [0.717, 1.165) is 94.4 Å². The molecule has 2 aromatic rings. The number of methoxy groups -OCH3 is 1. The average molecular weight is 723 g/mol.